The summed E-state index contributed by atoms with van der Waals surface area (Å²) < 4.78 is 0. The molecule has 1 aliphatic heterocycles. The second-order valence-electron chi connectivity index (χ2n) is 6.18. The summed E-state index contributed by atoms with van der Waals surface area (Å²) in [5.74, 6) is -0.318. The Morgan fingerprint density at radius 2 is 2.04 bits per heavy atom. The summed E-state index contributed by atoms with van der Waals surface area (Å²) in [7, 11) is 0. The van der Waals surface area contributed by atoms with Gasteiger partial charge >= 0.3 is 0 Å². The largest absolute Gasteiger partial charge is 0.350 e. The molecule has 3 rings (SSSR count). The van der Waals surface area contributed by atoms with E-state index in [9.17, 15) is 14.4 Å². The molecule has 1 saturated heterocycles. The van der Waals surface area contributed by atoms with E-state index in [1.165, 1.54) is 0 Å². The Morgan fingerprint density at radius 1 is 1.22 bits per heavy atom. The Balaban J connectivity index is 1.54. The average Bonchev–Trinajstić information content (AvgIpc) is 3.37. The van der Waals surface area contributed by atoms with Gasteiger partial charge in [0, 0.05) is 24.6 Å². The van der Waals surface area contributed by atoms with E-state index in [1.54, 1.807) is 12.1 Å². The highest BCUT2D eigenvalue weighted by Crippen LogP contribution is 2.19. The van der Waals surface area contributed by atoms with E-state index in [2.05, 4.69) is 16.0 Å². The number of hydrogen-bond acceptors (Lipinski definition) is 3. The first-order valence-corrected chi connectivity index (χ1v) is 8.09. The Labute approximate surface area is 135 Å². The highest BCUT2D eigenvalue weighted by atomic mass is 16.2. The first-order chi connectivity index (χ1) is 11.1. The molecule has 6 heteroatoms. The first kappa shape index (κ1) is 15.5. The van der Waals surface area contributed by atoms with Crippen LogP contribution in [0.1, 0.15) is 48.0 Å². The van der Waals surface area contributed by atoms with Crippen LogP contribution >= 0.6 is 0 Å². The Bertz CT molecular complexity index is 625. The summed E-state index contributed by atoms with van der Waals surface area (Å²) in [6.07, 6.45) is 3.99. The van der Waals surface area contributed by atoms with Crippen LogP contribution < -0.4 is 16.0 Å². The van der Waals surface area contributed by atoms with Gasteiger partial charge in [-0.25, -0.2) is 0 Å². The summed E-state index contributed by atoms with van der Waals surface area (Å²) in [4.78, 5) is 35.4. The maximum absolute atomic E-state index is 12.1. The molecule has 1 atom stereocenters. The molecule has 0 unspecified atom stereocenters. The Hall–Kier alpha value is -2.37. The fourth-order valence-electron chi connectivity index (χ4n) is 2.63. The van der Waals surface area contributed by atoms with E-state index in [0.717, 1.165) is 24.8 Å². The third-order valence-electron chi connectivity index (χ3n) is 4.12. The lowest BCUT2D eigenvalue weighted by atomic mass is 10.0. The molecule has 1 saturated carbocycles. The molecule has 122 valence electrons. The summed E-state index contributed by atoms with van der Waals surface area (Å²) in [5.41, 5.74) is 1.47. The summed E-state index contributed by atoms with van der Waals surface area (Å²) >= 11 is 0. The molecular weight excluding hydrogens is 294 g/mol. The summed E-state index contributed by atoms with van der Waals surface area (Å²) in [6, 6.07) is 7.11. The van der Waals surface area contributed by atoms with Crippen molar-refractivity contribution in [2.24, 2.45) is 0 Å². The molecule has 0 bridgehead atoms. The lowest BCUT2D eigenvalue weighted by Crippen LogP contribution is -2.48. The Kier molecular flexibility index (Phi) is 4.60. The van der Waals surface area contributed by atoms with Gasteiger partial charge in [-0.1, -0.05) is 12.1 Å². The lowest BCUT2D eigenvalue weighted by molar-refractivity contribution is -0.131. The first-order valence-electron chi connectivity index (χ1n) is 8.09. The molecule has 2 fully saturated rings. The third kappa shape index (κ3) is 4.31. The predicted molar refractivity (Wildman–Crippen MR) is 84.6 cm³/mol. The van der Waals surface area contributed by atoms with Gasteiger partial charge in [0.25, 0.3) is 5.91 Å². The van der Waals surface area contributed by atoms with Crippen LogP contribution in [0, 0.1) is 0 Å². The maximum Gasteiger partial charge on any atom is 0.251 e. The second kappa shape index (κ2) is 6.81. The number of carbonyl (C=O) groups excluding carboxylic acids is 3. The van der Waals surface area contributed by atoms with E-state index in [1.807, 2.05) is 12.1 Å². The number of rotatable bonds is 5. The van der Waals surface area contributed by atoms with Crippen LogP contribution in [0.4, 0.5) is 0 Å². The molecule has 1 aromatic carbocycles. The molecule has 6 nitrogen and oxygen atoms in total. The standard InChI is InChI=1S/C17H21N3O3/c21-15-6-2-5-14(20-15)17(23)18-10-11-3-1-4-12(9-11)16(22)19-13-7-8-13/h1,3-4,9,13-14H,2,5-8,10H2,(H,18,23)(H,19,22)(H,20,21)/t14-/m1/s1. The zero-order chi connectivity index (χ0) is 16.2. The van der Waals surface area contributed by atoms with Gasteiger partial charge in [0.2, 0.25) is 11.8 Å². The van der Waals surface area contributed by atoms with Crippen molar-refractivity contribution in [1.82, 2.24) is 16.0 Å². The quantitative estimate of drug-likeness (QED) is 0.753. The highest BCUT2D eigenvalue weighted by Gasteiger charge is 2.25. The zero-order valence-corrected chi connectivity index (χ0v) is 12.9. The van der Waals surface area contributed by atoms with Gasteiger partial charge in [-0.3, -0.25) is 14.4 Å². The van der Waals surface area contributed by atoms with Crippen molar-refractivity contribution in [3.63, 3.8) is 0 Å². The number of amides is 3. The molecule has 0 spiro atoms. The van der Waals surface area contributed by atoms with Gasteiger partial charge in [-0.05, 0) is 43.4 Å². The van der Waals surface area contributed by atoms with E-state index >= 15 is 0 Å². The van der Waals surface area contributed by atoms with Crippen LogP contribution in [0.2, 0.25) is 0 Å². The van der Waals surface area contributed by atoms with Crippen molar-refractivity contribution in [2.45, 2.75) is 50.7 Å². The molecule has 3 N–H and O–H groups in total. The molecule has 23 heavy (non-hydrogen) atoms. The van der Waals surface area contributed by atoms with Crippen LogP contribution in [0.5, 0.6) is 0 Å². The fourth-order valence-corrected chi connectivity index (χ4v) is 2.63. The molecule has 0 radical (unpaired) electrons. The minimum Gasteiger partial charge on any atom is -0.350 e. The molecule has 1 heterocycles. The smallest absolute Gasteiger partial charge is 0.251 e. The predicted octanol–water partition coefficient (Wildman–Crippen LogP) is 0.864. The minimum atomic E-state index is -0.447. The minimum absolute atomic E-state index is 0.0692. The molecule has 3 amide bonds. The van der Waals surface area contributed by atoms with Gasteiger partial charge in [0.1, 0.15) is 6.04 Å². The van der Waals surface area contributed by atoms with Crippen molar-refractivity contribution in [3.05, 3.63) is 35.4 Å². The van der Waals surface area contributed by atoms with Gasteiger partial charge < -0.3 is 16.0 Å². The van der Waals surface area contributed by atoms with E-state index < -0.39 is 6.04 Å². The van der Waals surface area contributed by atoms with Crippen molar-refractivity contribution < 1.29 is 14.4 Å². The average molecular weight is 315 g/mol. The molecule has 1 aliphatic carbocycles. The van der Waals surface area contributed by atoms with Crippen molar-refractivity contribution in [3.8, 4) is 0 Å². The number of benzene rings is 1. The van der Waals surface area contributed by atoms with E-state index in [0.29, 0.717) is 31.0 Å². The van der Waals surface area contributed by atoms with Crippen LogP contribution in [0.3, 0.4) is 0 Å². The molecule has 0 aromatic heterocycles. The number of piperidine rings is 1. The zero-order valence-electron chi connectivity index (χ0n) is 12.9. The van der Waals surface area contributed by atoms with Crippen LogP contribution in [0.25, 0.3) is 0 Å². The van der Waals surface area contributed by atoms with Gasteiger partial charge in [-0.2, -0.15) is 0 Å². The molecule has 1 aromatic rings. The second-order valence-corrected chi connectivity index (χ2v) is 6.18. The molecular formula is C17H21N3O3. The number of hydrogen-bond donors (Lipinski definition) is 3. The topological polar surface area (TPSA) is 87.3 Å². The SMILES string of the molecule is O=C1CCC[C@H](C(=O)NCc2cccc(C(=O)NC3CC3)c2)N1. The van der Waals surface area contributed by atoms with Gasteiger partial charge in [0.05, 0.1) is 0 Å². The Morgan fingerprint density at radius 3 is 2.78 bits per heavy atom. The fraction of sp³-hybridized carbons (Fsp3) is 0.471. The number of carbonyl (C=O) groups is 3. The van der Waals surface area contributed by atoms with Crippen LogP contribution in [-0.4, -0.2) is 29.8 Å². The monoisotopic (exact) mass is 315 g/mol. The van der Waals surface area contributed by atoms with Crippen molar-refractivity contribution >= 4 is 17.7 Å². The lowest BCUT2D eigenvalue weighted by Gasteiger charge is -2.22. The van der Waals surface area contributed by atoms with Crippen molar-refractivity contribution in [1.29, 1.82) is 0 Å². The van der Waals surface area contributed by atoms with Crippen LogP contribution in [0.15, 0.2) is 24.3 Å². The van der Waals surface area contributed by atoms with Crippen LogP contribution in [-0.2, 0) is 16.1 Å². The van der Waals surface area contributed by atoms with E-state index in [4.69, 9.17) is 0 Å². The van der Waals surface area contributed by atoms with E-state index in [-0.39, 0.29) is 17.7 Å². The van der Waals surface area contributed by atoms with Gasteiger partial charge in [0.15, 0.2) is 0 Å². The highest BCUT2D eigenvalue weighted by molar-refractivity contribution is 5.94. The van der Waals surface area contributed by atoms with Gasteiger partial charge in [-0.15, -0.1) is 0 Å². The molecule has 2 aliphatic rings. The summed E-state index contributed by atoms with van der Waals surface area (Å²) in [6.45, 7) is 0.343. The maximum atomic E-state index is 12.1. The number of nitrogens with one attached hydrogen (secondary N) is 3. The van der Waals surface area contributed by atoms with Crippen molar-refractivity contribution in [2.75, 3.05) is 0 Å². The normalized spacial score (nSPS) is 20.5. The summed E-state index contributed by atoms with van der Waals surface area (Å²) in [5, 5.41) is 8.46. The third-order valence-corrected chi connectivity index (χ3v) is 4.12.